The summed E-state index contributed by atoms with van der Waals surface area (Å²) >= 11 is 0. The molecular weight excluding hydrogens is 238 g/mol. The third-order valence-corrected chi connectivity index (χ3v) is 2.18. The number of carbonyl (C=O) groups is 2. The Labute approximate surface area is 102 Å². The molecule has 2 rings (SSSR count). The Bertz CT molecular complexity index is 592. The van der Waals surface area contributed by atoms with Gasteiger partial charge in [-0.15, -0.1) is 15.0 Å². The van der Waals surface area contributed by atoms with Crippen LogP contribution in [0.4, 0.5) is 0 Å². The summed E-state index contributed by atoms with van der Waals surface area (Å²) in [5.74, 6) is -2.17. The maximum Gasteiger partial charge on any atom is 0.361 e. The van der Waals surface area contributed by atoms with Crippen LogP contribution in [0.3, 0.4) is 0 Å². The molecule has 18 heavy (non-hydrogen) atoms. The second kappa shape index (κ2) is 4.66. The molecule has 0 aliphatic heterocycles. The van der Waals surface area contributed by atoms with Gasteiger partial charge < -0.3 is 9.84 Å². The summed E-state index contributed by atoms with van der Waals surface area (Å²) in [4.78, 5) is 23.4. The normalized spacial score (nSPS) is 10.1. The molecule has 0 saturated heterocycles. The van der Waals surface area contributed by atoms with Crippen molar-refractivity contribution >= 4 is 11.9 Å². The maximum atomic E-state index is 11.4. The monoisotopic (exact) mass is 247 g/mol. The molecular formula is C11H9N3O4. The van der Waals surface area contributed by atoms with Gasteiger partial charge >= 0.3 is 11.9 Å². The molecule has 0 amide bonds. The number of aromatic carboxylic acids is 1. The third-order valence-electron chi connectivity index (χ3n) is 2.18. The van der Waals surface area contributed by atoms with Crippen LogP contribution < -0.4 is 0 Å². The van der Waals surface area contributed by atoms with Crippen molar-refractivity contribution in [2.45, 2.75) is 0 Å². The molecule has 7 heteroatoms. The van der Waals surface area contributed by atoms with Crippen LogP contribution in [-0.2, 0) is 4.74 Å². The predicted molar refractivity (Wildman–Crippen MR) is 59.7 cm³/mol. The van der Waals surface area contributed by atoms with E-state index in [4.69, 9.17) is 5.11 Å². The molecule has 1 heterocycles. The Kier molecular flexibility index (Phi) is 3.05. The lowest BCUT2D eigenvalue weighted by atomic mass is 10.3. The molecule has 0 saturated carbocycles. The van der Waals surface area contributed by atoms with E-state index in [-0.39, 0.29) is 5.69 Å². The minimum Gasteiger partial charge on any atom is -0.476 e. The van der Waals surface area contributed by atoms with E-state index in [9.17, 15) is 9.59 Å². The highest BCUT2D eigenvalue weighted by atomic mass is 16.5. The van der Waals surface area contributed by atoms with Crippen molar-refractivity contribution in [2.75, 3.05) is 7.11 Å². The minimum atomic E-state index is -1.34. The van der Waals surface area contributed by atoms with Crippen molar-refractivity contribution in [3.63, 3.8) is 0 Å². The first-order valence-electron chi connectivity index (χ1n) is 4.98. The number of esters is 1. The number of para-hydroxylation sites is 1. The minimum absolute atomic E-state index is 0.325. The number of carboxylic acid groups (broad SMARTS) is 1. The van der Waals surface area contributed by atoms with E-state index in [1.165, 1.54) is 0 Å². The summed E-state index contributed by atoms with van der Waals surface area (Å²) in [7, 11) is 1.15. The van der Waals surface area contributed by atoms with E-state index in [0.717, 1.165) is 11.9 Å². The molecule has 1 aromatic carbocycles. The number of carboxylic acids is 1. The SMILES string of the molecule is COC(=O)c1nn(-c2ccccc2)nc1C(=O)O. The average Bonchev–Trinajstić information content (AvgIpc) is 2.84. The van der Waals surface area contributed by atoms with Gasteiger partial charge in [0.15, 0.2) is 0 Å². The van der Waals surface area contributed by atoms with Crippen LogP contribution in [0.2, 0.25) is 0 Å². The molecule has 0 bridgehead atoms. The molecule has 0 aliphatic carbocycles. The van der Waals surface area contributed by atoms with Crippen LogP contribution in [0.25, 0.3) is 5.69 Å². The number of carbonyl (C=O) groups excluding carboxylic acids is 1. The number of methoxy groups -OCH3 is 1. The summed E-state index contributed by atoms with van der Waals surface area (Å²) in [6.45, 7) is 0. The zero-order chi connectivity index (χ0) is 13.1. The molecule has 1 N–H and O–H groups in total. The van der Waals surface area contributed by atoms with Gasteiger partial charge in [-0.05, 0) is 12.1 Å². The molecule has 92 valence electrons. The van der Waals surface area contributed by atoms with Gasteiger partial charge in [-0.25, -0.2) is 9.59 Å². The standard InChI is InChI=1S/C11H9N3O4/c1-18-11(17)9-8(10(15)16)12-14(13-9)7-5-3-2-4-6-7/h2-6H,1H3,(H,15,16). The van der Waals surface area contributed by atoms with Crippen LogP contribution in [0.1, 0.15) is 21.0 Å². The quantitative estimate of drug-likeness (QED) is 0.804. The number of nitrogens with zero attached hydrogens (tertiary/aromatic N) is 3. The summed E-state index contributed by atoms with van der Waals surface area (Å²) in [5, 5.41) is 16.5. The average molecular weight is 247 g/mol. The lowest BCUT2D eigenvalue weighted by Gasteiger charge is -1.96. The van der Waals surface area contributed by atoms with E-state index in [2.05, 4.69) is 14.9 Å². The fourth-order valence-electron chi connectivity index (χ4n) is 1.36. The topological polar surface area (TPSA) is 94.3 Å². The lowest BCUT2D eigenvalue weighted by molar-refractivity contribution is 0.0575. The molecule has 0 aliphatic rings. The van der Waals surface area contributed by atoms with Gasteiger partial charge in [0, 0.05) is 0 Å². The van der Waals surface area contributed by atoms with Gasteiger partial charge in [-0.1, -0.05) is 18.2 Å². The van der Waals surface area contributed by atoms with E-state index in [0.29, 0.717) is 5.69 Å². The molecule has 7 nitrogen and oxygen atoms in total. The fraction of sp³-hybridized carbons (Fsp3) is 0.0909. The third kappa shape index (κ3) is 2.05. The first kappa shape index (κ1) is 11.8. The summed E-state index contributed by atoms with van der Waals surface area (Å²) in [6.07, 6.45) is 0. The van der Waals surface area contributed by atoms with Crippen LogP contribution in [0.5, 0.6) is 0 Å². The number of aromatic nitrogens is 3. The van der Waals surface area contributed by atoms with Crippen molar-refractivity contribution in [3.8, 4) is 5.69 Å². The first-order chi connectivity index (χ1) is 8.63. The van der Waals surface area contributed by atoms with Gasteiger partial charge in [-0.3, -0.25) is 0 Å². The highest BCUT2D eigenvalue weighted by Gasteiger charge is 2.24. The molecule has 1 aromatic heterocycles. The van der Waals surface area contributed by atoms with E-state index in [1.54, 1.807) is 30.3 Å². The highest BCUT2D eigenvalue weighted by Crippen LogP contribution is 2.09. The predicted octanol–water partition coefficient (Wildman–Crippen LogP) is 0.752. The maximum absolute atomic E-state index is 11.4. The smallest absolute Gasteiger partial charge is 0.361 e. The fourth-order valence-corrected chi connectivity index (χ4v) is 1.36. The van der Waals surface area contributed by atoms with E-state index < -0.39 is 17.6 Å². The van der Waals surface area contributed by atoms with Crippen LogP contribution in [0.15, 0.2) is 30.3 Å². The Balaban J connectivity index is 2.53. The second-order valence-corrected chi connectivity index (χ2v) is 3.32. The Morgan fingerprint density at radius 2 is 1.78 bits per heavy atom. The van der Waals surface area contributed by atoms with Crippen molar-refractivity contribution in [1.29, 1.82) is 0 Å². The van der Waals surface area contributed by atoms with E-state index >= 15 is 0 Å². The molecule has 2 aromatic rings. The second-order valence-electron chi connectivity index (χ2n) is 3.32. The summed E-state index contributed by atoms with van der Waals surface area (Å²) in [5.41, 5.74) is -0.213. The first-order valence-corrected chi connectivity index (χ1v) is 4.98. The summed E-state index contributed by atoms with van der Waals surface area (Å²) < 4.78 is 4.46. The Morgan fingerprint density at radius 1 is 1.17 bits per heavy atom. The Morgan fingerprint density at radius 3 is 2.33 bits per heavy atom. The summed E-state index contributed by atoms with van der Waals surface area (Å²) in [6, 6.07) is 8.67. The molecule has 0 radical (unpaired) electrons. The van der Waals surface area contributed by atoms with E-state index in [1.807, 2.05) is 0 Å². The molecule has 0 spiro atoms. The van der Waals surface area contributed by atoms with Crippen LogP contribution in [0, 0.1) is 0 Å². The molecule has 0 fully saturated rings. The molecule has 0 atom stereocenters. The number of benzene rings is 1. The Hall–Kier alpha value is -2.70. The van der Waals surface area contributed by atoms with Crippen molar-refractivity contribution < 1.29 is 19.4 Å². The van der Waals surface area contributed by atoms with Gasteiger partial charge in [0.2, 0.25) is 11.4 Å². The van der Waals surface area contributed by atoms with Crippen molar-refractivity contribution in [2.24, 2.45) is 0 Å². The van der Waals surface area contributed by atoms with Gasteiger partial charge in [0.05, 0.1) is 12.8 Å². The van der Waals surface area contributed by atoms with Crippen molar-refractivity contribution in [1.82, 2.24) is 15.0 Å². The zero-order valence-corrected chi connectivity index (χ0v) is 9.40. The largest absolute Gasteiger partial charge is 0.476 e. The number of rotatable bonds is 3. The van der Waals surface area contributed by atoms with Gasteiger partial charge in [-0.2, -0.15) is 0 Å². The number of ether oxygens (including phenoxy) is 1. The van der Waals surface area contributed by atoms with Crippen LogP contribution in [-0.4, -0.2) is 39.1 Å². The van der Waals surface area contributed by atoms with Crippen molar-refractivity contribution in [3.05, 3.63) is 41.7 Å². The number of hydrogen-bond donors (Lipinski definition) is 1. The zero-order valence-electron chi connectivity index (χ0n) is 9.40. The molecule has 0 unspecified atom stereocenters. The number of hydrogen-bond acceptors (Lipinski definition) is 5. The van der Waals surface area contributed by atoms with Gasteiger partial charge in [0.1, 0.15) is 0 Å². The van der Waals surface area contributed by atoms with Crippen LogP contribution >= 0.6 is 0 Å². The highest BCUT2D eigenvalue weighted by molar-refractivity contribution is 5.99. The lowest BCUT2D eigenvalue weighted by Crippen LogP contribution is -2.09. The van der Waals surface area contributed by atoms with Gasteiger partial charge in [0.25, 0.3) is 0 Å².